The quantitative estimate of drug-likeness (QED) is 0.581. The van der Waals surface area contributed by atoms with E-state index >= 15 is 0 Å². The zero-order valence-electron chi connectivity index (χ0n) is 13.1. The first kappa shape index (κ1) is 15.3. The molecule has 4 N–H and O–H groups in total. The summed E-state index contributed by atoms with van der Waals surface area (Å²) in [5.41, 5.74) is 6.71. The van der Waals surface area contributed by atoms with Crippen LogP contribution in [-0.2, 0) is 0 Å². The number of nitrogens with one attached hydrogen (secondary N) is 2. The van der Waals surface area contributed by atoms with E-state index in [2.05, 4.69) is 27.1 Å². The zero-order valence-corrected chi connectivity index (χ0v) is 13.1. The Labute approximate surface area is 134 Å². The Morgan fingerprint density at radius 2 is 2.22 bits per heavy atom. The van der Waals surface area contributed by atoms with Crippen LogP contribution >= 0.6 is 0 Å². The van der Waals surface area contributed by atoms with Crippen LogP contribution in [0.25, 0.3) is 11.5 Å². The van der Waals surface area contributed by atoms with Crippen molar-refractivity contribution in [1.29, 1.82) is 5.41 Å². The molecular weight excluding hydrogens is 294 g/mol. The van der Waals surface area contributed by atoms with Crippen LogP contribution in [0.4, 0.5) is 5.82 Å². The van der Waals surface area contributed by atoms with E-state index in [9.17, 15) is 0 Å². The summed E-state index contributed by atoms with van der Waals surface area (Å²) in [7, 11) is 2.09. The maximum absolute atomic E-state index is 8.17. The number of H-pyrrole nitrogens is 1. The number of nitrogens with two attached hydrogens (primary N) is 1. The minimum atomic E-state index is 0.326. The maximum atomic E-state index is 8.17. The Morgan fingerprint density at radius 3 is 2.91 bits per heavy atom. The molecule has 122 valence electrons. The number of aromatic amines is 1. The van der Waals surface area contributed by atoms with Crippen LogP contribution in [-0.4, -0.2) is 64.9 Å². The highest BCUT2D eigenvalue weighted by Gasteiger charge is 2.17. The molecule has 1 aliphatic rings. The molecule has 0 spiro atoms. The van der Waals surface area contributed by atoms with Gasteiger partial charge in [-0.1, -0.05) is 0 Å². The van der Waals surface area contributed by atoms with Gasteiger partial charge in [-0.15, -0.1) is 0 Å². The summed E-state index contributed by atoms with van der Waals surface area (Å²) in [6, 6.07) is 5.42. The number of furan rings is 1. The molecule has 1 saturated heterocycles. The SMILES string of the molecule is CN1CCN(C(=N)CC(N)=Nc2cc(-c3ccco3)[nH]n2)CC1. The first-order valence-corrected chi connectivity index (χ1v) is 7.55. The molecule has 0 bridgehead atoms. The number of piperazine rings is 1. The number of nitrogens with zero attached hydrogens (tertiary/aromatic N) is 4. The third-order valence-electron chi connectivity index (χ3n) is 3.84. The summed E-state index contributed by atoms with van der Waals surface area (Å²) in [6.07, 6.45) is 1.93. The highest BCUT2D eigenvalue weighted by atomic mass is 16.3. The topological polar surface area (TPSA) is 111 Å². The molecule has 0 unspecified atom stereocenters. The van der Waals surface area contributed by atoms with Crippen molar-refractivity contribution in [2.75, 3.05) is 33.2 Å². The summed E-state index contributed by atoms with van der Waals surface area (Å²) in [4.78, 5) is 8.57. The van der Waals surface area contributed by atoms with Gasteiger partial charge in [-0.3, -0.25) is 10.5 Å². The molecule has 1 aliphatic heterocycles. The van der Waals surface area contributed by atoms with E-state index in [1.54, 1.807) is 12.3 Å². The van der Waals surface area contributed by atoms with E-state index < -0.39 is 0 Å². The Balaban J connectivity index is 1.60. The average Bonchev–Trinajstić information content (AvgIpc) is 3.18. The number of aliphatic imine (C=N–C) groups is 1. The molecule has 2 aromatic heterocycles. The second kappa shape index (κ2) is 6.66. The van der Waals surface area contributed by atoms with E-state index in [1.165, 1.54) is 0 Å². The van der Waals surface area contributed by atoms with Gasteiger partial charge in [0, 0.05) is 32.2 Å². The monoisotopic (exact) mass is 315 g/mol. The third kappa shape index (κ3) is 3.78. The van der Waals surface area contributed by atoms with Crippen molar-refractivity contribution in [3.8, 4) is 11.5 Å². The van der Waals surface area contributed by atoms with Gasteiger partial charge in [0.15, 0.2) is 11.6 Å². The predicted molar refractivity (Wildman–Crippen MR) is 89.0 cm³/mol. The zero-order chi connectivity index (χ0) is 16.2. The highest BCUT2D eigenvalue weighted by Crippen LogP contribution is 2.21. The van der Waals surface area contributed by atoms with Crippen LogP contribution in [0.3, 0.4) is 0 Å². The number of hydrogen-bond acceptors (Lipinski definition) is 5. The standard InChI is InChI=1S/C15H21N7O/c1-21-4-6-22(7-5-21)14(17)10-13(16)18-15-9-11(19-20-15)12-3-2-8-23-12/h2-3,8-9,17H,4-7,10H2,1H3,(H3,16,18,19,20). The predicted octanol–water partition coefficient (Wildman–Crippen LogP) is 1.27. The van der Waals surface area contributed by atoms with Gasteiger partial charge < -0.3 is 20.0 Å². The fourth-order valence-corrected chi connectivity index (χ4v) is 2.47. The summed E-state index contributed by atoms with van der Waals surface area (Å²) >= 11 is 0. The largest absolute Gasteiger partial charge is 0.463 e. The van der Waals surface area contributed by atoms with Crippen LogP contribution in [0.1, 0.15) is 6.42 Å². The van der Waals surface area contributed by atoms with Crippen LogP contribution in [0.2, 0.25) is 0 Å². The molecule has 2 aromatic rings. The van der Waals surface area contributed by atoms with E-state index in [0.717, 1.165) is 31.9 Å². The van der Waals surface area contributed by atoms with Crippen LogP contribution < -0.4 is 5.73 Å². The summed E-state index contributed by atoms with van der Waals surface area (Å²) in [6.45, 7) is 3.64. The van der Waals surface area contributed by atoms with Crippen molar-refractivity contribution in [1.82, 2.24) is 20.0 Å². The summed E-state index contributed by atoms with van der Waals surface area (Å²) in [5, 5.41) is 15.1. The fraction of sp³-hybridized carbons (Fsp3) is 0.400. The van der Waals surface area contributed by atoms with Gasteiger partial charge in [-0.2, -0.15) is 5.10 Å². The molecule has 0 amide bonds. The second-order valence-electron chi connectivity index (χ2n) is 5.63. The second-order valence-corrected chi connectivity index (χ2v) is 5.63. The Morgan fingerprint density at radius 1 is 1.43 bits per heavy atom. The van der Waals surface area contributed by atoms with Crippen molar-refractivity contribution in [3.63, 3.8) is 0 Å². The van der Waals surface area contributed by atoms with Crippen molar-refractivity contribution < 1.29 is 4.42 Å². The lowest BCUT2D eigenvalue weighted by Crippen LogP contribution is -2.47. The van der Waals surface area contributed by atoms with E-state index in [4.69, 9.17) is 15.6 Å². The van der Waals surface area contributed by atoms with E-state index in [-0.39, 0.29) is 0 Å². The molecule has 0 aromatic carbocycles. The Kier molecular flexibility index (Phi) is 4.42. The average molecular weight is 315 g/mol. The van der Waals surface area contributed by atoms with E-state index in [0.29, 0.717) is 29.7 Å². The first-order chi connectivity index (χ1) is 11.1. The Bertz CT molecular complexity index is 681. The summed E-state index contributed by atoms with van der Waals surface area (Å²) < 4.78 is 5.29. The lowest BCUT2D eigenvalue weighted by atomic mass is 10.2. The molecule has 3 rings (SSSR count). The maximum Gasteiger partial charge on any atom is 0.176 e. The number of rotatable bonds is 4. The van der Waals surface area contributed by atoms with Crippen LogP contribution in [0.15, 0.2) is 33.9 Å². The van der Waals surface area contributed by atoms with Gasteiger partial charge in [-0.05, 0) is 19.2 Å². The van der Waals surface area contributed by atoms with Gasteiger partial charge in [0.05, 0.1) is 12.7 Å². The van der Waals surface area contributed by atoms with Crippen LogP contribution in [0.5, 0.6) is 0 Å². The smallest absolute Gasteiger partial charge is 0.176 e. The van der Waals surface area contributed by atoms with Gasteiger partial charge in [0.25, 0.3) is 0 Å². The molecule has 1 fully saturated rings. The van der Waals surface area contributed by atoms with Gasteiger partial charge >= 0.3 is 0 Å². The molecule has 8 nitrogen and oxygen atoms in total. The fourth-order valence-electron chi connectivity index (χ4n) is 2.47. The molecule has 23 heavy (non-hydrogen) atoms. The minimum Gasteiger partial charge on any atom is -0.463 e. The minimum absolute atomic E-state index is 0.326. The van der Waals surface area contributed by atoms with Crippen LogP contribution in [0, 0.1) is 5.41 Å². The normalized spacial score (nSPS) is 16.7. The summed E-state index contributed by atoms with van der Waals surface area (Å²) in [5.74, 6) is 2.07. The van der Waals surface area contributed by atoms with Crippen molar-refractivity contribution >= 4 is 17.5 Å². The molecule has 3 heterocycles. The number of hydrogen-bond donors (Lipinski definition) is 3. The van der Waals surface area contributed by atoms with Crippen molar-refractivity contribution in [2.45, 2.75) is 6.42 Å². The molecular formula is C15H21N7O. The lowest BCUT2D eigenvalue weighted by Gasteiger charge is -2.34. The Hall–Kier alpha value is -2.61. The van der Waals surface area contributed by atoms with Gasteiger partial charge in [-0.25, -0.2) is 4.99 Å². The van der Waals surface area contributed by atoms with Gasteiger partial charge in [0.2, 0.25) is 0 Å². The number of likely N-dealkylation sites (N-methyl/N-ethyl adjacent to an activating group) is 1. The third-order valence-corrected chi connectivity index (χ3v) is 3.84. The van der Waals surface area contributed by atoms with Gasteiger partial charge in [0.1, 0.15) is 17.4 Å². The number of aromatic nitrogens is 2. The molecule has 0 saturated carbocycles. The van der Waals surface area contributed by atoms with Crippen molar-refractivity contribution in [2.24, 2.45) is 10.7 Å². The number of amidine groups is 2. The van der Waals surface area contributed by atoms with E-state index in [1.807, 2.05) is 17.0 Å². The lowest BCUT2D eigenvalue weighted by molar-refractivity contribution is 0.213. The molecule has 0 aliphatic carbocycles. The van der Waals surface area contributed by atoms with Crippen molar-refractivity contribution in [3.05, 3.63) is 24.5 Å². The molecule has 0 atom stereocenters. The molecule has 0 radical (unpaired) electrons. The molecule has 8 heteroatoms. The highest BCUT2D eigenvalue weighted by molar-refractivity contribution is 6.01. The first-order valence-electron chi connectivity index (χ1n) is 7.55.